The summed E-state index contributed by atoms with van der Waals surface area (Å²) >= 11 is 5.18. The summed E-state index contributed by atoms with van der Waals surface area (Å²) in [6, 6.07) is 7.94. The lowest BCUT2D eigenvalue weighted by atomic mass is 10.2. The van der Waals surface area contributed by atoms with Crippen LogP contribution in [0.1, 0.15) is 32.8 Å². The van der Waals surface area contributed by atoms with Gasteiger partial charge in [0.15, 0.2) is 8.77 Å². The van der Waals surface area contributed by atoms with Crippen molar-refractivity contribution in [3.8, 4) is 0 Å². The van der Waals surface area contributed by atoms with Crippen LogP contribution >= 0.6 is 0 Å². The molecule has 0 amide bonds. The Bertz CT molecular complexity index is 575. The molecule has 8 heteroatoms. The van der Waals surface area contributed by atoms with Crippen LogP contribution in [-0.4, -0.2) is 39.4 Å². The zero-order valence-electron chi connectivity index (χ0n) is 14.9. The molecule has 0 aliphatic heterocycles. The van der Waals surface area contributed by atoms with Crippen LogP contribution in [0.4, 0.5) is 0 Å². The molecule has 24 heavy (non-hydrogen) atoms. The Hall–Kier alpha value is -0.353. The van der Waals surface area contributed by atoms with E-state index in [1.165, 1.54) is 0 Å². The molecule has 0 saturated heterocycles. The SMILES string of the molecule is CCO[Si](CCCOS(=O)(=S)c1ccccc1C)(OCC)OCC. The van der Waals surface area contributed by atoms with Gasteiger partial charge in [-0.25, -0.2) is 4.21 Å². The molecule has 5 nitrogen and oxygen atoms in total. The second-order valence-corrected chi connectivity index (χ2v) is 10.8. The van der Waals surface area contributed by atoms with E-state index in [1.54, 1.807) is 6.07 Å². The van der Waals surface area contributed by atoms with Gasteiger partial charge < -0.3 is 13.3 Å². The predicted molar refractivity (Wildman–Crippen MR) is 101 cm³/mol. The van der Waals surface area contributed by atoms with E-state index in [9.17, 15) is 4.21 Å². The van der Waals surface area contributed by atoms with Crippen LogP contribution in [0.15, 0.2) is 29.2 Å². The van der Waals surface area contributed by atoms with Gasteiger partial charge in [-0.2, -0.15) is 0 Å². The van der Waals surface area contributed by atoms with Crippen molar-refractivity contribution in [2.24, 2.45) is 0 Å². The van der Waals surface area contributed by atoms with Crippen molar-refractivity contribution in [2.45, 2.75) is 45.1 Å². The van der Waals surface area contributed by atoms with Crippen LogP contribution in [-0.2, 0) is 37.4 Å². The van der Waals surface area contributed by atoms with E-state index in [1.807, 2.05) is 45.9 Å². The summed E-state index contributed by atoms with van der Waals surface area (Å²) in [5, 5.41) is 0. The highest BCUT2D eigenvalue weighted by molar-refractivity contribution is 8.30. The van der Waals surface area contributed by atoms with Crippen LogP contribution < -0.4 is 0 Å². The number of hydrogen-bond acceptors (Lipinski definition) is 6. The van der Waals surface area contributed by atoms with Crippen LogP contribution in [0.2, 0.25) is 6.04 Å². The molecule has 0 heterocycles. The highest BCUT2D eigenvalue weighted by Crippen LogP contribution is 2.21. The zero-order chi connectivity index (χ0) is 18.1. The third-order valence-electron chi connectivity index (χ3n) is 3.32. The van der Waals surface area contributed by atoms with Crippen molar-refractivity contribution in [1.29, 1.82) is 0 Å². The Morgan fingerprint density at radius 2 is 1.58 bits per heavy atom. The fourth-order valence-electron chi connectivity index (χ4n) is 2.36. The standard InChI is InChI=1S/C16H28O5S2Si/c1-5-19-24(20-6-2,21-7-3)14-10-13-18-23(17,22)16-12-9-8-11-15(16)4/h8-9,11-12H,5-7,10,13-14H2,1-4H3. The third-order valence-corrected chi connectivity index (χ3v) is 8.77. The molecule has 1 aromatic carbocycles. The van der Waals surface area contributed by atoms with E-state index in [4.69, 9.17) is 28.6 Å². The summed E-state index contributed by atoms with van der Waals surface area (Å²) in [6.07, 6.45) is 0.617. The van der Waals surface area contributed by atoms with E-state index in [-0.39, 0.29) is 6.61 Å². The molecule has 0 aromatic heterocycles. The summed E-state index contributed by atoms with van der Waals surface area (Å²) in [6.45, 7) is 9.52. The first-order valence-corrected chi connectivity index (χ1v) is 12.6. The minimum Gasteiger partial charge on any atom is -0.374 e. The van der Waals surface area contributed by atoms with Crippen LogP contribution in [0, 0.1) is 6.92 Å². The van der Waals surface area contributed by atoms with E-state index >= 15 is 0 Å². The number of aryl methyl sites for hydroxylation is 1. The first kappa shape index (κ1) is 21.7. The second kappa shape index (κ2) is 10.6. The van der Waals surface area contributed by atoms with Gasteiger partial charge in [-0.15, -0.1) is 0 Å². The molecule has 0 saturated carbocycles. The third kappa shape index (κ3) is 6.51. The second-order valence-electron chi connectivity index (χ2n) is 5.13. The molecule has 0 radical (unpaired) electrons. The maximum absolute atomic E-state index is 12.6. The lowest BCUT2D eigenvalue weighted by Crippen LogP contribution is -2.46. The average molecular weight is 393 g/mol. The normalized spacial score (nSPS) is 14.5. The van der Waals surface area contributed by atoms with Gasteiger partial charge in [0.25, 0.3) is 0 Å². The maximum Gasteiger partial charge on any atom is 0.501 e. The minimum atomic E-state index is -2.92. The average Bonchev–Trinajstić information content (AvgIpc) is 2.53. The lowest BCUT2D eigenvalue weighted by Gasteiger charge is -2.28. The number of benzene rings is 1. The molecule has 0 spiro atoms. The van der Waals surface area contributed by atoms with E-state index in [0.717, 1.165) is 5.56 Å². The van der Waals surface area contributed by atoms with Crippen molar-refractivity contribution >= 4 is 28.8 Å². The van der Waals surface area contributed by atoms with Crippen LogP contribution in [0.25, 0.3) is 0 Å². The van der Waals surface area contributed by atoms with Gasteiger partial charge >= 0.3 is 8.80 Å². The van der Waals surface area contributed by atoms with Gasteiger partial charge in [-0.1, -0.05) is 18.2 Å². The van der Waals surface area contributed by atoms with Gasteiger partial charge in [0.05, 0.1) is 11.5 Å². The molecule has 1 unspecified atom stereocenters. The zero-order valence-corrected chi connectivity index (χ0v) is 17.5. The van der Waals surface area contributed by atoms with E-state index in [2.05, 4.69) is 0 Å². The van der Waals surface area contributed by atoms with Crippen LogP contribution in [0.3, 0.4) is 0 Å². The minimum absolute atomic E-state index is 0.276. The molecular weight excluding hydrogens is 364 g/mol. The van der Waals surface area contributed by atoms with Crippen molar-refractivity contribution in [2.75, 3.05) is 26.4 Å². The summed E-state index contributed by atoms with van der Waals surface area (Å²) in [7, 11) is -5.61. The highest BCUT2D eigenvalue weighted by Gasteiger charge is 2.39. The Kier molecular flexibility index (Phi) is 9.58. The molecule has 1 rings (SSSR count). The summed E-state index contributed by atoms with van der Waals surface area (Å²) < 4.78 is 35.5. The Morgan fingerprint density at radius 1 is 1.04 bits per heavy atom. The molecule has 138 valence electrons. The molecule has 0 bridgehead atoms. The molecule has 0 fully saturated rings. The largest absolute Gasteiger partial charge is 0.501 e. The van der Waals surface area contributed by atoms with Gasteiger partial charge in [0, 0.05) is 37.1 Å². The quantitative estimate of drug-likeness (QED) is 0.401. The first-order chi connectivity index (χ1) is 11.4. The maximum atomic E-state index is 12.6. The monoisotopic (exact) mass is 392 g/mol. The van der Waals surface area contributed by atoms with Crippen molar-refractivity contribution in [3.63, 3.8) is 0 Å². The molecule has 0 aliphatic carbocycles. The van der Waals surface area contributed by atoms with Crippen LogP contribution in [0.5, 0.6) is 0 Å². The van der Waals surface area contributed by atoms with E-state index in [0.29, 0.717) is 37.2 Å². The van der Waals surface area contributed by atoms with Crippen molar-refractivity contribution in [1.82, 2.24) is 0 Å². The van der Waals surface area contributed by atoms with Crippen molar-refractivity contribution in [3.05, 3.63) is 29.8 Å². The van der Waals surface area contributed by atoms with Gasteiger partial charge in [-0.05, 0) is 45.7 Å². The highest BCUT2D eigenvalue weighted by atomic mass is 32.8. The molecule has 1 atom stereocenters. The van der Waals surface area contributed by atoms with Gasteiger partial charge in [0.2, 0.25) is 0 Å². The summed E-state index contributed by atoms with van der Waals surface area (Å²) in [5.74, 6) is 0. The Labute approximate surface area is 151 Å². The lowest BCUT2D eigenvalue weighted by molar-refractivity contribution is 0.0698. The Morgan fingerprint density at radius 3 is 2.08 bits per heavy atom. The first-order valence-electron chi connectivity index (χ1n) is 8.27. The summed E-state index contributed by atoms with van der Waals surface area (Å²) in [5.41, 5.74) is 0.874. The number of rotatable bonds is 12. The topological polar surface area (TPSA) is 54.0 Å². The molecular formula is C16H28O5S2Si. The van der Waals surface area contributed by atoms with Gasteiger partial charge in [-0.3, -0.25) is 4.18 Å². The van der Waals surface area contributed by atoms with E-state index < -0.39 is 17.6 Å². The predicted octanol–water partition coefficient (Wildman–Crippen LogP) is 3.47. The molecule has 0 aliphatic rings. The fraction of sp³-hybridized carbons (Fsp3) is 0.625. The van der Waals surface area contributed by atoms with Gasteiger partial charge in [0.1, 0.15) is 0 Å². The Balaban J connectivity index is 2.63. The fourth-order valence-corrected chi connectivity index (χ4v) is 6.88. The molecule has 1 aromatic rings. The molecule has 0 N–H and O–H groups in total. The van der Waals surface area contributed by atoms with Crippen molar-refractivity contribution < 1.29 is 21.7 Å². The summed E-state index contributed by atoms with van der Waals surface area (Å²) in [4.78, 5) is 0.572. The smallest absolute Gasteiger partial charge is 0.374 e. The number of hydrogen-bond donors (Lipinski definition) is 0.